The van der Waals surface area contributed by atoms with Gasteiger partial charge in [0.2, 0.25) is 11.8 Å². The average Bonchev–Trinajstić information content (AvgIpc) is 1.49. The summed E-state index contributed by atoms with van der Waals surface area (Å²) in [6.07, 6.45) is 20.1. The number of anilines is 4. The maximum Gasteiger partial charge on any atom is 0.281 e. The number of carbonyl (C=O) groups is 2. The van der Waals surface area contributed by atoms with Gasteiger partial charge < -0.3 is 30.3 Å². The summed E-state index contributed by atoms with van der Waals surface area (Å²) in [6.45, 7) is 30.4. The number of ether oxygens (including phenoxy) is 2. The number of hydrogen-bond acceptors (Lipinski definition) is 21. The molecule has 4 bridgehead atoms. The van der Waals surface area contributed by atoms with Crippen molar-refractivity contribution in [3.05, 3.63) is 120 Å². The zero-order valence-electron chi connectivity index (χ0n) is 62.1. The molecule has 4 aliphatic rings. The lowest BCUT2D eigenvalue weighted by molar-refractivity contribution is 0.0972. The van der Waals surface area contributed by atoms with Gasteiger partial charge in [-0.3, -0.25) is 9.59 Å². The van der Waals surface area contributed by atoms with Gasteiger partial charge >= 0.3 is 0 Å². The van der Waals surface area contributed by atoms with E-state index in [1.165, 1.54) is 80.0 Å². The smallest absolute Gasteiger partial charge is 0.281 e. The van der Waals surface area contributed by atoms with E-state index in [1.807, 2.05) is 4.72 Å². The molecule has 2 saturated carbocycles. The number of carbonyl (C=O) groups excluding carboxylic acids is 2. The number of nitrogens with two attached hydrogens (primary N) is 1. The number of halogens is 1. The molecule has 0 aromatic carbocycles. The Labute approximate surface area is 619 Å². The number of pyridine rings is 5. The minimum absolute atomic E-state index is 0.0926. The summed E-state index contributed by atoms with van der Waals surface area (Å²) in [6, 6.07) is 23.8. The molecular weight excluding hydrogens is 1400 g/mol. The Bertz CT molecular complexity index is 4460. The minimum Gasteiger partial charge on any atom is -0.477 e. The van der Waals surface area contributed by atoms with E-state index in [0.29, 0.717) is 96.3 Å². The summed E-state index contributed by atoms with van der Waals surface area (Å²) >= 11 is 6.28. The quantitative estimate of drug-likeness (QED) is 0.0271. The number of aromatic nitrogens is 9. The number of nitrogens with zero attached hydrogens (tertiary/aromatic N) is 10. The van der Waals surface area contributed by atoms with Crippen molar-refractivity contribution in [3.8, 4) is 23.4 Å². The van der Waals surface area contributed by atoms with Gasteiger partial charge in [0, 0.05) is 56.2 Å². The van der Waals surface area contributed by atoms with Crippen LogP contribution in [-0.4, -0.2) is 126 Å². The molecule has 0 unspecified atom stereocenters. The molecule has 3 atom stereocenters. The number of hydrogen-bond donors (Lipinski definition) is 6. The van der Waals surface area contributed by atoms with Gasteiger partial charge in [0.25, 0.3) is 41.9 Å². The molecule has 7 aromatic heterocycles. The average molecular weight is 1510 g/mol. The second kappa shape index (κ2) is 33.6. The number of primary sulfonamides is 1. The van der Waals surface area contributed by atoms with E-state index in [2.05, 4.69) is 139 Å². The van der Waals surface area contributed by atoms with Crippen molar-refractivity contribution < 1.29 is 44.3 Å². The van der Waals surface area contributed by atoms with Gasteiger partial charge in [-0.2, -0.15) is 16.8 Å². The highest BCUT2D eigenvalue weighted by Crippen LogP contribution is 2.44. The third-order valence-corrected chi connectivity index (χ3v) is 22.7. The number of amides is 2. The Morgan fingerprint density at radius 1 is 0.673 bits per heavy atom. The Morgan fingerprint density at radius 2 is 1.21 bits per heavy atom. The summed E-state index contributed by atoms with van der Waals surface area (Å²) in [5.41, 5.74) is 1.00. The molecule has 566 valence electrons. The second-order valence-electron chi connectivity index (χ2n) is 32.3. The van der Waals surface area contributed by atoms with Crippen LogP contribution in [0.4, 0.5) is 23.3 Å². The standard InChI is InChI=1S/C30H41ClN6O4S.C29H39N7O4S.C15H25N3O2S/c1-29(2,3)16-19-41-25-14-18-37(35-25)24-12-11-22(27(31)34-24)28(38)36-42(39,40)26-10-6-9-23(33-26)32-17-7-8-21-13-15-30(4,5)20-21;1-28(2,3)14-17-40-24-13-16-36(33-24)23-12-11-21-26(32-23)35-19-20(18-29(35,4)5)8-7-15-30-22-9-6-10-25(31-22)41(38,39)34-27(21)37;1-15(2)9-8-12(11-15)5-4-10-17-13-6-3-7-14(18-13)21(16,19)20/h6,9-12,14,18,21H,7-8,13,15-17,19-20H2,1-5H3,(H,32,33)(H,36,38);6,9-13,16,20H,7-8,14-15,17-19H2,1-5H3,(H,30,31)(H,34,37);3,6-7,12H,4-5,8-11H2,1-2H3,(H,17,18)(H2,16,19,20)/t21-;20-;12-/m101/s1. The summed E-state index contributed by atoms with van der Waals surface area (Å²) in [4.78, 5) is 50.1. The molecule has 2 amide bonds. The molecule has 9 heterocycles. The fraction of sp³-hybridized carbons (Fsp3) is 0.554. The first kappa shape index (κ1) is 80.1. The first-order valence-electron chi connectivity index (χ1n) is 35.9. The minimum atomic E-state index is -4.25. The van der Waals surface area contributed by atoms with E-state index in [4.69, 9.17) is 31.2 Å². The predicted molar refractivity (Wildman–Crippen MR) is 405 cm³/mol. The first-order chi connectivity index (χ1) is 48.8. The second-order valence-corrected chi connectivity index (χ2v) is 37.4. The van der Waals surface area contributed by atoms with Crippen LogP contribution < -0.4 is 44.9 Å². The highest BCUT2D eigenvalue weighted by Gasteiger charge is 2.41. The van der Waals surface area contributed by atoms with Gasteiger partial charge in [-0.05, 0) is 210 Å². The topological polar surface area (TPSA) is 345 Å². The number of sulfonamides is 3. The van der Waals surface area contributed by atoms with Crippen LogP contribution in [-0.2, 0) is 30.1 Å². The molecule has 7 N–H and O–H groups in total. The fourth-order valence-corrected chi connectivity index (χ4v) is 16.1. The van der Waals surface area contributed by atoms with Gasteiger partial charge in [-0.1, -0.05) is 99.0 Å². The van der Waals surface area contributed by atoms with Crippen molar-refractivity contribution in [2.75, 3.05) is 60.2 Å². The van der Waals surface area contributed by atoms with E-state index < -0.39 is 41.9 Å². The third-order valence-electron chi connectivity index (χ3n) is 19.1. The molecule has 0 radical (unpaired) electrons. The molecule has 3 fully saturated rings. The lowest BCUT2D eigenvalue weighted by Gasteiger charge is -2.34. The van der Waals surface area contributed by atoms with Gasteiger partial charge in [0.05, 0.1) is 24.3 Å². The number of nitrogens with one attached hydrogen (secondary N) is 5. The Balaban J connectivity index is 0.000000191. The summed E-state index contributed by atoms with van der Waals surface area (Å²) in [5, 5.41) is 22.8. The van der Waals surface area contributed by atoms with E-state index in [1.54, 1.807) is 77.7 Å². The largest absolute Gasteiger partial charge is 0.477 e. The van der Waals surface area contributed by atoms with E-state index in [9.17, 15) is 34.8 Å². The molecular formula is C74H105ClN16O10S3. The molecule has 1 saturated heterocycles. The zero-order valence-corrected chi connectivity index (χ0v) is 65.3. The molecule has 0 spiro atoms. The summed E-state index contributed by atoms with van der Waals surface area (Å²) < 4.78 is 93.6. The third kappa shape index (κ3) is 23.5. The van der Waals surface area contributed by atoms with Crippen LogP contribution in [0.5, 0.6) is 11.8 Å². The van der Waals surface area contributed by atoms with Crippen molar-refractivity contribution in [2.45, 2.75) is 200 Å². The highest BCUT2D eigenvalue weighted by molar-refractivity contribution is 7.90. The van der Waals surface area contributed by atoms with Crippen LogP contribution in [0.25, 0.3) is 11.6 Å². The van der Waals surface area contributed by atoms with Crippen molar-refractivity contribution in [1.29, 1.82) is 0 Å². The van der Waals surface area contributed by atoms with Gasteiger partial charge in [0.15, 0.2) is 26.7 Å². The van der Waals surface area contributed by atoms with Crippen molar-refractivity contribution in [1.82, 2.24) is 53.9 Å². The van der Waals surface area contributed by atoms with Gasteiger partial charge in [0.1, 0.15) is 28.4 Å². The SMILES string of the molecule is CC(C)(C)CCOc1ccn(-c2ccc(C(=O)NS(=O)(=O)c3cccc(NCCC[C@@H]4CCC(C)(C)C4)n3)c(Cl)n2)n1.CC(C)(C)CCOc1ccn(-c2ccc3c(n2)N2C[C@@H](CCCNc4cccc(n4)S(=O)(=O)NC3=O)CC2(C)C)n1.CC1(C)CC[C@@H](CCCNc2cccc(S(N)(=O)=O)n2)C1. The summed E-state index contributed by atoms with van der Waals surface area (Å²) in [7, 11) is -12.2. The Hall–Kier alpha value is -7.99. The lowest BCUT2D eigenvalue weighted by Crippen LogP contribution is -2.41. The molecule has 11 rings (SSSR count). The van der Waals surface area contributed by atoms with Crippen LogP contribution in [0.2, 0.25) is 5.15 Å². The van der Waals surface area contributed by atoms with Crippen LogP contribution >= 0.6 is 11.6 Å². The fourth-order valence-electron chi connectivity index (χ4n) is 13.5. The predicted octanol–water partition coefficient (Wildman–Crippen LogP) is 13.4. The zero-order chi connectivity index (χ0) is 75.5. The number of rotatable bonds is 22. The normalized spacial score (nSPS) is 19.1. The van der Waals surface area contributed by atoms with E-state index in [-0.39, 0.29) is 47.7 Å². The van der Waals surface area contributed by atoms with Crippen LogP contribution in [0.1, 0.15) is 200 Å². The van der Waals surface area contributed by atoms with E-state index in [0.717, 1.165) is 69.7 Å². The molecule has 30 heteroatoms. The highest BCUT2D eigenvalue weighted by atomic mass is 35.5. The maximum atomic E-state index is 13.5. The van der Waals surface area contributed by atoms with Crippen molar-refractivity contribution in [3.63, 3.8) is 0 Å². The Kier molecular flexibility index (Phi) is 25.9. The van der Waals surface area contributed by atoms with Gasteiger partial charge in [-0.15, -0.1) is 10.2 Å². The molecule has 2 aliphatic heterocycles. The van der Waals surface area contributed by atoms with Crippen LogP contribution in [0.3, 0.4) is 0 Å². The van der Waals surface area contributed by atoms with Crippen LogP contribution in [0.15, 0.2) is 118 Å². The monoisotopic (exact) mass is 1510 g/mol. The summed E-state index contributed by atoms with van der Waals surface area (Å²) in [5.74, 6) is 3.91. The van der Waals surface area contributed by atoms with Crippen molar-refractivity contribution >= 4 is 76.8 Å². The first-order valence-corrected chi connectivity index (χ1v) is 40.8. The Morgan fingerprint density at radius 3 is 1.75 bits per heavy atom. The maximum absolute atomic E-state index is 13.5. The van der Waals surface area contributed by atoms with E-state index >= 15 is 0 Å². The van der Waals surface area contributed by atoms with Crippen LogP contribution in [0, 0.1) is 39.4 Å². The molecule has 26 nitrogen and oxygen atoms in total. The van der Waals surface area contributed by atoms with Gasteiger partial charge in [-0.25, -0.2) is 57.3 Å². The van der Waals surface area contributed by atoms with Crippen molar-refractivity contribution in [2.24, 2.45) is 44.6 Å². The molecule has 104 heavy (non-hydrogen) atoms. The number of fused-ring (bicyclic) bond motifs is 6. The molecule has 7 aromatic rings. The molecule has 2 aliphatic carbocycles. The lowest BCUT2D eigenvalue weighted by atomic mass is 9.89.